The van der Waals surface area contributed by atoms with E-state index in [4.69, 9.17) is 11.6 Å². The fraction of sp³-hybridized carbons (Fsp3) is 0.286. The van der Waals surface area contributed by atoms with Crippen LogP contribution in [0.15, 0.2) is 4.60 Å². The zero-order valence-electron chi connectivity index (χ0n) is 5.70. The SMILES string of the molecule is Cc1[c]nc(Br)c(C)c1Cl. The van der Waals surface area contributed by atoms with Crippen molar-refractivity contribution in [1.82, 2.24) is 4.98 Å². The van der Waals surface area contributed by atoms with E-state index in [0.717, 1.165) is 20.8 Å². The Balaban J connectivity index is 3.34. The third kappa shape index (κ3) is 1.32. The average Bonchev–Trinajstić information content (AvgIpc) is 1.93. The Labute approximate surface area is 73.6 Å². The van der Waals surface area contributed by atoms with Crippen LogP contribution in [0.4, 0.5) is 0 Å². The standard InChI is InChI=1S/C7H6BrClN/c1-4-3-10-7(8)5(2)6(4)9/h1-2H3. The van der Waals surface area contributed by atoms with Gasteiger partial charge in [-0.2, -0.15) is 0 Å². The molecule has 1 heterocycles. The summed E-state index contributed by atoms with van der Waals surface area (Å²) in [6.07, 6.45) is 2.78. The molecular formula is C7H6BrClN. The number of hydrogen-bond donors (Lipinski definition) is 0. The maximum Gasteiger partial charge on any atom is 0.111 e. The highest BCUT2D eigenvalue weighted by molar-refractivity contribution is 9.10. The van der Waals surface area contributed by atoms with Gasteiger partial charge < -0.3 is 0 Å². The molecule has 0 aromatic carbocycles. The van der Waals surface area contributed by atoms with Gasteiger partial charge in [0.15, 0.2) is 0 Å². The van der Waals surface area contributed by atoms with E-state index in [1.807, 2.05) is 13.8 Å². The first-order valence-corrected chi connectivity index (χ1v) is 4.00. The van der Waals surface area contributed by atoms with Gasteiger partial charge in [0, 0.05) is 5.56 Å². The molecule has 0 amide bonds. The molecule has 0 unspecified atom stereocenters. The molecular weight excluding hydrogens is 213 g/mol. The number of aryl methyl sites for hydroxylation is 1. The molecule has 0 aliphatic rings. The van der Waals surface area contributed by atoms with Gasteiger partial charge in [0.05, 0.1) is 11.2 Å². The summed E-state index contributed by atoms with van der Waals surface area (Å²) in [6.45, 7) is 3.80. The predicted molar refractivity (Wildman–Crippen MR) is 45.3 cm³/mol. The summed E-state index contributed by atoms with van der Waals surface area (Å²) in [6, 6.07) is 0. The molecule has 0 aliphatic heterocycles. The first-order valence-electron chi connectivity index (χ1n) is 2.83. The quantitative estimate of drug-likeness (QED) is 0.612. The predicted octanol–water partition coefficient (Wildman–Crippen LogP) is 2.91. The molecule has 0 atom stereocenters. The maximum absolute atomic E-state index is 5.88. The molecule has 0 aliphatic carbocycles. The van der Waals surface area contributed by atoms with Crippen LogP contribution in [0.5, 0.6) is 0 Å². The van der Waals surface area contributed by atoms with Crippen LogP contribution in [-0.4, -0.2) is 4.98 Å². The van der Waals surface area contributed by atoms with E-state index in [0.29, 0.717) is 0 Å². The molecule has 1 nitrogen and oxygen atoms in total. The molecule has 1 rings (SSSR count). The van der Waals surface area contributed by atoms with E-state index in [9.17, 15) is 0 Å². The van der Waals surface area contributed by atoms with E-state index in [1.165, 1.54) is 0 Å². The first-order chi connectivity index (χ1) is 4.63. The van der Waals surface area contributed by atoms with Crippen molar-refractivity contribution in [2.45, 2.75) is 13.8 Å². The third-order valence-electron chi connectivity index (χ3n) is 1.29. The number of pyridine rings is 1. The molecule has 53 valence electrons. The zero-order chi connectivity index (χ0) is 7.72. The molecule has 10 heavy (non-hydrogen) atoms. The van der Waals surface area contributed by atoms with Crippen LogP contribution in [0.1, 0.15) is 11.1 Å². The molecule has 0 N–H and O–H groups in total. The van der Waals surface area contributed by atoms with Gasteiger partial charge in [-0.25, -0.2) is 4.98 Å². The highest BCUT2D eigenvalue weighted by Crippen LogP contribution is 2.23. The number of nitrogens with zero attached hydrogens (tertiary/aromatic N) is 1. The summed E-state index contributed by atoms with van der Waals surface area (Å²) in [5.41, 5.74) is 1.86. The lowest BCUT2D eigenvalue weighted by Gasteiger charge is -2.00. The molecule has 0 bridgehead atoms. The minimum Gasteiger partial charge on any atom is -0.239 e. The molecule has 1 radical (unpaired) electrons. The Kier molecular flexibility index (Phi) is 2.32. The topological polar surface area (TPSA) is 12.9 Å². The van der Waals surface area contributed by atoms with Crippen molar-refractivity contribution in [3.8, 4) is 0 Å². The minimum absolute atomic E-state index is 0.738. The molecule has 0 saturated heterocycles. The molecule has 1 aromatic rings. The van der Waals surface area contributed by atoms with Gasteiger partial charge in [-0.3, -0.25) is 0 Å². The third-order valence-corrected chi connectivity index (χ3v) is 2.63. The second-order valence-corrected chi connectivity index (χ2v) is 3.21. The van der Waals surface area contributed by atoms with Crippen LogP contribution in [0.2, 0.25) is 5.02 Å². The Morgan fingerprint density at radius 2 is 2.10 bits per heavy atom. The maximum atomic E-state index is 5.88. The monoisotopic (exact) mass is 218 g/mol. The van der Waals surface area contributed by atoms with Crippen LogP contribution >= 0.6 is 27.5 Å². The first kappa shape index (κ1) is 8.02. The van der Waals surface area contributed by atoms with Crippen molar-refractivity contribution in [1.29, 1.82) is 0 Å². The van der Waals surface area contributed by atoms with E-state index < -0.39 is 0 Å². The molecule has 0 saturated carbocycles. The fourth-order valence-corrected chi connectivity index (χ4v) is 1.17. The van der Waals surface area contributed by atoms with Crippen LogP contribution in [0, 0.1) is 20.0 Å². The van der Waals surface area contributed by atoms with Crippen LogP contribution in [-0.2, 0) is 0 Å². The summed E-state index contributed by atoms with van der Waals surface area (Å²) >= 11 is 9.14. The Hall–Kier alpha value is -0.0800. The molecule has 0 fully saturated rings. The summed E-state index contributed by atoms with van der Waals surface area (Å²) < 4.78 is 0.767. The van der Waals surface area contributed by atoms with Gasteiger partial charge in [-0.05, 0) is 35.3 Å². The summed E-state index contributed by atoms with van der Waals surface area (Å²) in [5, 5.41) is 0.738. The van der Waals surface area contributed by atoms with E-state index in [1.54, 1.807) is 0 Å². The number of aromatic nitrogens is 1. The van der Waals surface area contributed by atoms with Crippen molar-refractivity contribution in [2.75, 3.05) is 0 Å². The summed E-state index contributed by atoms with van der Waals surface area (Å²) in [5.74, 6) is 0. The van der Waals surface area contributed by atoms with Gasteiger partial charge in [0.2, 0.25) is 0 Å². The number of halogens is 2. The lowest BCUT2D eigenvalue weighted by molar-refractivity contribution is 1.17. The molecule has 3 heteroatoms. The minimum atomic E-state index is 0.738. The highest BCUT2D eigenvalue weighted by Gasteiger charge is 2.03. The lowest BCUT2D eigenvalue weighted by Crippen LogP contribution is -1.86. The fourth-order valence-electron chi connectivity index (χ4n) is 0.638. The molecule has 1 aromatic heterocycles. The highest BCUT2D eigenvalue weighted by atomic mass is 79.9. The van der Waals surface area contributed by atoms with Gasteiger partial charge in [0.25, 0.3) is 0 Å². The van der Waals surface area contributed by atoms with Crippen molar-refractivity contribution in [3.63, 3.8) is 0 Å². The number of rotatable bonds is 0. The van der Waals surface area contributed by atoms with Crippen LogP contribution < -0.4 is 0 Å². The van der Waals surface area contributed by atoms with E-state index in [-0.39, 0.29) is 0 Å². The van der Waals surface area contributed by atoms with E-state index >= 15 is 0 Å². The second-order valence-electron chi connectivity index (χ2n) is 2.08. The summed E-state index contributed by atoms with van der Waals surface area (Å²) in [7, 11) is 0. The van der Waals surface area contributed by atoms with Crippen LogP contribution in [0.25, 0.3) is 0 Å². The normalized spacial score (nSPS) is 10.0. The summed E-state index contributed by atoms with van der Waals surface area (Å²) in [4.78, 5) is 3.95. The van der Waals surface area contributed by atoms with Crippen LogP contribution in [0.3, 0.4) is 0 Å². The Morgan fingerprint density at radius 1 is 1.50 bits per heavy atom. The van der Waals surface area contributed by atoms with Gasteiger partial charge in [-0.1, -0.05) is 11.6 Å². The van der Waals surface area contributed by atoms with Crippen molar-refractivity contribution >= 4 is 27.5 Å². The average molecular weight is 219 g/mol. The van der Waals surface area contributed by atoms with Crippen molar-refractivity contribution < 1.29 is 0 Å². The smallest absolute Gasteiger partial charge is 0.111 e. The van der Waals surface area contributed by atoms with Gasteiger partial charge in [0.1, 0.15) is 4.60 Å². The zero-order valence-corrected chi connectivity index (χ0v) is 8.05. The van der Waals surface area contributed by atoms with E-state index in [2.05, 4.69) is 27.1 Å². The Bertz CT molecular complexity index is 233. The second kappa shape index (κ2) is 2.89. The number of hydrogen-bond acceptors (Lipinski definition) is 1. The Morgan fingerprint density at radius 3 is 2.60 bits per heavy atom. The molecule has 0 spiro atoms. The lowest BCUT2D eigenvalue weighted by atomic mass is 10.2. The van der Waals surface area contributed by atoms with Crippen molar-refractivity contribution in [2.24, 2.45) is 0 Å². The van der Waals surface area contributed by atoms with Gasteiger partial charge >= 0.3 is 0 Å². The van der Waals surface area contributed by atoms with Crippen molar-refractivity contribution in [3.05, 3.63) is 26.9 Å². The van der Waals surface area contributed by atoms with Gasteiger partial charge in [-0.15, -0.1) is 0 Å². The largest absolute Gasteiger partial charge is 0.239 e.